The number of aromatic amines is 2. The van der Waals surface area contributed by atoms with E-state index in [9.17, 15) is 4.79 Å². The molecular formula is C15H17N5O. The van der Waals surface area contributed by atoms with Crippen LogP contribution in [0.15, 0.2) is 42.7 Å². The lowest BCUT2D eigenvalue weighted by atomic mass is 10.1. The first-order valence-corrected chi connectivity index (χ1v) is 6.80. The zero-order chi connectivity index (χ0) is 14.7. The molecule has 1 aromatic carbocycles. The molecular weight excluding hydrogens is 266 g/mol. The van der Waals surface area contributed by atoms with Crippen LogP contribution >= 0.6 is 0 Å². The fourth-order valence-corrected chi connectivity index (χ4v) is 2.33. The number of amides is 1. The van der Waals surface area contributed by atoms with Crippen molar-refractivity contribution in [3.05, 3.63) is 54.0 Å². The maximum atomic E-state index is 12.0. The molecule has 5 N–H and O–H groups in total. The summed E-state index contributed by atoms with van der Waals surface area (Å²) in [6.07, 6.45) is 4.05. The van der Waals surface area contributed by atoms with Gasteiger partial charge in [0.1, 0.15) is 0 Å². The third-order valence-electron chi connectivity index (χ3n) is 3.46. The summed E-state index contributed by atoms with van der Waals surface area (Å²) in [5.41, 5.74) is 8.94. The molecule has 2 heterocycles. The van der Waals surface area contributed by atoms with Crippen LogP contribution in [-0.2, 0) is 17.8 Å². The third kappa shape index (κ3) is 2.95. The van der Waals surface area contributed by atoms with E-state index < -0.39 is 6.04 Å². The van der Waals surface area contributed by atoms with Gasteiger partial charge in [-0.15, -0.1) is 0 Å². The Morgan fingerprint density at radius 1 is 1.33 bits per heavy atom. The highest BCUT2D eigenvalue weighted by Crippen LogP contribution is 2.18. The standard InChI is InChI=1S/C15H17N5O/c16-13(15(21)18-9-11-5-6-19-20-11)7-10-8-17-14-4-2-1-3-12(10)14/h1-6,8,13,17H,7,9,16H2,(H,18,21)(H,19,20). The number of rotatable bonds is 5. The summed E-state index contributed by atoms with van der Waals surface area (Å²) in [7, 11) is 0. The molecule has 0 radical (unpaired) electrons. The SMILES string of the molecule is NC(Cc1c[nH]c2ccccc12)C(=O)NCc1ccn[nH]1. The van der Waals surface area contributed by atoms with Gasteiger partial charge in [0.25, 0.3) is 0 Å². The first-order chi connectivity index (χ1) is 10.2. The Morgan fingerprint density at radius 2 is 2.19 bits per heavy atom. The summed E-state index contributed by atoms with van der Waals surface area (Å²) < 4.78 is 0. The predicted molar refractivity (Wildman–Crippen MR) is 80.4 cm³/mol. The molecule has 0 saturated heterocycles. The molecule has 3 rings (SSSR count). The Hall–Kier alpha value is -2.60. The molecule has 0 fully saturated rings. The van der Waals surface area contributed by atoms with Crippen molar-refractivity contribution in [3.8, 4) is 0 Å². The Bertz CT molecular complexity index is 731. The molecule has 3 aromatic rings. The fourth-order valence-electron chi connectivity index (χ4n) is 2.33. The predicted octanol–water partition coefficient (Wildman–Crippen LogP) is 1.08. The summed E-state index contributed by atoms with van der Waals surface area (Å²) in [4.78, 5) is 15.2. The molecule has 1 unspecified atom stereocenters. The van der Waals surface area contributed by atoms with Crippen molar-refractivity contribution in [2.24, 2.45) is 5.73 Å². The Balaban J connectivity index is 1.62. The van der Waals surface area contributed by atoms with Gasteiger partial charge in [0.05, 0.1) is 18.3 Å². The number of hydrogen-bond acceptors (Lipinski definition) is 3. The lowest BCUT2D eigenvalue weighted by Gasteiger charge is -2.11. The maximum absolute atomic E-state index is 12.0. The lowest BCUT2D eigenvalue weighted by molar-refractivity contribution is -0.122. The number of nitrogens with one attached hydrogen (secondary N) is 3. The minimum atomic E-state index is -0.577. The number of carbonyl (C=O) groups excluding carboxylic acids is 1. The summed E-state index contributed by atoms with van der Waals surface area (Å²) in [5.74, 6) is -0.171. The molecule has 0 aliphatic carbocycles. The van der Waals surface area contributed by atoms with Crippen molar-refractivity contribution in [2.45, 2.75) is 19.0 Å². The smallest absolute Gasteiger partial charge is 0.237 e. The van der Waals surface area contributed by atoms with Crippen LogP contribution < -0.4 is 11.1 Å². The number of carbonyl (C=O) groups is 1. The second-order valence-electron chi connectivity index (χ2n) is 4.97. The van der Waals surface area contributed by atoms with E-state index in [4.69, 9.17) is 5.73 Å². The van der Waals surface area contributed by atoms with Gasteiger partial charge in [-0.3, -0.25) is 9.89 Å². The molecule has 1 atom stereocenters. The number of para-hydroxylation sites is 1. The van der Waals surface area contributed by atoms with E-state index in [2.05, 4.69) is 20.5 Å². The van der Waals surface area contributed by atoms with Crippen molar-refractivity contribution in [1.29, 1.82) is 0 Å². The van der Waals surface area contributed by atoms with Gasteiger partial charge in [0, 0.05) is 23.3 Å². The zero-order valence-corrected chi connectivity index (χ0v) is 11.5. The van der Waals surface area contributed by atoms with Crippen LogP contribution in [-0.4, -0.2) is 27.1 Å². The molecule has 0 saturated carbocycles. The van der Waals surface area contributed by atoms with Gasteiger partial charge in [0.2, 0.25) is 5.91 Å². The number of H-pyrrole nitrogens is 2. The molecule has 2 aromatic heterocycles. The van der Waals surface area contributed by atoms with Crippen molar-refractivity contribution in [2.75, 3.05) is 0 Å². The molecule has 0 spiro atoms. The van der Waals surface area contributed by atoms with Crippen molar-refractivity contribution < 1.29 is 4.79 Å². The molecule has 6 heteroatoms. The van der Waals surface area contributed by atoms with E-state index in [1.165, 1.54) is 0 Å². The molecule has 21 heavy (non-hydrogen) atoms. The normalized spacial score (nSPS) is 12.4. The molecule has 0 bridgehead atoms. The molecule has 108 valence electrons. The lowest BCUT2D eigenvalue weighted by Crippen LogP contribution is -2.41. The fraction of sp³-hybridized carbons (Fsp3) is 0.200. The molecule has 0 aliphatic heterocycles. The van der Waals surface area contributed by atoms with E-state index in [1.54, 1.807) is 6.20 Å². The maximum Gasteiger partial charge on any atom is 0.237 e. The van der Waals surface area contributed by atoms with E-state index >= 15 is 0 Å². The molecule has 6 nitrogen and oxygen atoms in total. The highest BCUT2D eigenvalue weighted by molar-refractivity contribution is 5.86. The van der Waals surface area contributed by atoms with E-state index in [0.29, 0.717) is 13.0 Å². The third-order valence-corrected chi connectivity index (χ3v) is 3.46. The number of nitrogens with zero attached hydrogens (tertiary/aromatic N) is 1. The topological polar surface area (TPSA) is 99.6 Å². The van der Waals surface area contributed by atoms with Gasteiger partial charge in [-0.1, -0.05) is 18.2 Å². The largest absolute Gasteiger partial charge is 0.361 e. The van der Waals surface area contributed by atoms with Crippen LogP contribution in [0.3, 0.4) is 0 Å². The minimum Gasteiger partial charge on any atom is -0.361 e. The first kappa shape index (κ1) is 13.4. The van der Waals surface area contributed by atoms with Crippen LogP contribution in [0.2, 0.25) is 0 Å². The highest BCUT2D eigenvalue weighted by atomic mass is 16.2. The number of fused-ring (bicyclic) bond motifs is 1. The average molecular weight is 283 g/mol. The summed E-state index contributed by atoms with van der Waals surface area (Å²) in [5, 5.41) is 10.5. The second-order valence-corrected chi connectivity index (χ2v) is 4.97. The number of nitrogens with two attached hydrogens (primary N) is 1. The highest BCUT2D eigenvalue weighted by Gasteiger charge is 2.16. The first-order valence-electron chi connectivity index (χ1n) is 6.80. The number of hydrogen-bond donors (Lipinski definition) is 4. The number of benzene rings is 1. The number of aromatic nitrogens is 3. The van der Waals surface area contributed by atoms with Crippen molar-refractivity contribution in [1.82, 2.24) is 20.5 Å². The molecule has 1 amide bonds. The van der Waals surface area contributed by atoms with Crippen LogP contribution in [0.5, 0.6) is 0 Å². The van der Waals surface area contributed by atoms with Gasteiger partial charge in [-0.25, -0.2) is 0 Å². The summed E-state index contributed by atoms with van der Waals surface area (Å²) in [6, 6.07) is 9.21. The zero-order valence-electron chi connectivity index (χ0n) is 11.5. The van der Waals surface area contributed by atoms with Gasteiger partial charge < -0.3 is 16.0 Å². The van der Waals surface area contributed by atoms with Crippen LogP contribution in [0, 0.1) is 0 Å². The molecule has 0 aliphatic rings. The van der Waals surface area contributed by atoms with Gasteiger partial charge in [-0.2, -0.15) is 5.10 Å². The average Bonchev–Trinajstić information content (AvgIpc) is 3.15. The monoisotopic (exact) mass is 283 g/mol. The van der Waals surface area contributed by atoms with E-state index in [0.717, 1.165) is 22.2 Å². The van der Waals surface area contributed by atoms with Crippen molar-refractivity contribution >= 4 is 16.8 Å². The summed E-state index contributed by atoms with van der Waals surface area (Å²) in [6.45, 7) is 0.403. The van der Waals surface area contributed by atoms with Crippen molar-refractivity contribution in [3.63, 3.8) is 0 Å². The summed E-state index contributed by atoms with van der Waals surface area (Å²) >= 11 is 0. The van der Waals surface area contributed by atoms with Crippen LogP contribution in [0.4, 0.5) is 0 Å². The Kier molecular flexibility index (Phi) is 3.70. The quantitative estimate of drug-likeness (QED) is 0.563. The Labute approximate surface area is 121 Å². The van der Waals surface area contributed by atoms with Gasteiger partial charge in [0.15, 0.2) is 0 Å². The minimum absolute atomic E-state index is 0.171. The van der Waals surface area contributed by atoms with E-state index in [1.807, 2.05) is 36.5 Å². The van der Waals surface area contributed by atoms with E-state index in [-0.39, 0.29) is 5.91 Å². The van der Waals surface area contributed by atoms with Gasteiger partial charge >= 0.3 is 0 Å². The van der Waals surface area contributed by atoms with Gasteiger partial charge in [-0.05, 0) is 24.1 Å². The second kappa shape index (κ2) is 5.80. The van der Waals surface area contributed by atoms with Crippen LogP contribution in [0.25, 0.3) is 10.9 Å². The van der Waals surface area contributed by atoms with Crippen LogP contribution in [0.1, 0.15) is 11.3 Å². The Morgan fingerprint density at radius 3 is 3.00 bits per heavy atom.